The topological polar surface area (TPSA) is 18.5 Å². The lowest BCUT2D eigenvalue weighted by Crippen LogP contribution is -2.53. The zero-order chi connectivity index (χ0) is 9.68. The van der Waals surface area contributed by atoms with Crippen LogP contribution in [0.5, 0.6) is 0 Å². The normalized spacial score (nSPS) is 25.4. The summed E-state index contributed by atoms with van der Waals surface area (Å²) in [7, 11) is 4.44. The lowest BCUT2D eigenvalue weighted by Gasteiger charge is -2.35. The van der Waals surface area contributed by atoms with E-state index in [2.05, 4.69) is 36.1 Å². The van der Waals surface area contributed by atoms with Gasteiger partial charge < -0.3 is 10.2 Å². The van der Waals surface area contributed by atoms with Gasteiger partial charge in [0.25, 0.3) is 0 Å². The van der Waals surface area contributed by atoms with Crippen molar-refractivity contribution < 1.29 is 0 Å². The van der Waals surface area contributed by atoms with Gasteiger partial charge in [-0.2, -0.15) is 0 Å². The minimum atomic E-state index is 0.699. The summed E-state index contributed by atoms with van der Waals surface area (Å²) in [4.78, 5) is 4.89. The molecule has 3 nitrogen and oxygen atoms in total. The molecule has 3 heteroatoms. The van der Waals surface area contributed by atoms with Gasteiger partial charge in [-0.05, 0) is 27.1 Å². The highest BCUT2D eigenvalue weighted by Gasteiger charge is 2.19. The van der Waals surface area contributed by atoms with E-state index in [1.165, 1.54) is 26.1 Å². The molecule has 0 amide bonds. The van der Waals surface area contributed by atoms with Gasteiger partial charge in [0.15, 0.2) is 0 Å². The Morgan fingerprint density at radius 3 is 2.92 bits per heavy atom. The summed E-state index contributed by atoms with van der Waals surface area (Å²) in [5, 5.41) is 3.44. The van der Waals surface area contributed by atoms with Gasteiger partial charge in [0.1, 0.15) is 0 Å². The number of hydrogen-bond acceptors (Lipinski definition) is 3. The van der Waals surface area contributed by atoms with E-state index in [9.17, 15) is 0 Å². The molecule has 0 aromatic heterocycles. The predicted octanol–water partition coefficient (Wildman–Crippen LogP) is 0.232. The Labute approximate surface area is 82.1 Å². The molecule has 1 unspecified atom stereocenters. The summed E-state index contributed by atoms with van der Waals surface area (Å²) in [6, 6.07) is 0.699. The minimum Gasteiger partial charge on any atom is -0.314 e. The predicted molar refractivity (Wildman–Crippen MR) is 57.1 cm³/mol. The maximum absolute atomic E-state index is 3.44. The molecule has 1 saturated heterocycles. The van der Waals surface area contributed by atoms with Crippen molar-refractivity contribution >= 4 is 0 Å². The van der Waals surface area contributed by atoms with Crippen molar-refractivity contribution in [3.05, 3.63) is 0 Å². The summed E-state index contributed by atoms with van der Waals surface area (Å²) in [5.74, 6) is 0. The number of piperazine rings is 1. The van der Waals surface area contributed by atoms with Crippen LogP contribution in [0.25, 0.3) is 0 Å². The van der Waals surface area contributed by atoms with E-state index >= 15 is 0 Å². The Bertz CT molecular complexity index is 138. The molecule has 0 bridgehead atoms. The van der Waals surface area contributed by atoms with Crippen molar-refractivity contribution in [2.45, 2.75) is 19.4 Å². The van der Waals surface area contributed by atoms with Gasteiger partial charge >= 0.3 is 0 Å². The molecule has 1 N–H and O–H groups in total. The van der Waals surface area contributed by atoms with Crippen LogP contribution in [0.15, 0.2) is 0 Å². The van der Waals surface area contributed by atoms with Crippen molar-refractivity contribution in [2.75, 3.05) is 46.8 Å². The van der Waals surface area contributed by atoms with Crippen LogP contribution < -0.4 is 5.32 Å². The van der Waals surface area contributed by atoms with Gasteiger partial charge in [-0.1, -0.05) is 6.92 Å². The number of likely N-dealkylation sites (N-methyl/N-ethyl adjacent to an activating group) is 2. The van der Waals surface area contributed by atoms with Crippen LogP contribution in [0.3, 0.4) is 0 Å². The number of nitrogens with zero attached hydrogens (tertiary/aromatic N) is 2. The Kier molecular flexibility index (Phi) is 4.70. The van der Waals surface area contributed by atoms with Crippen molar-refractivity contribution in [2.24, 2.45) is 0 Å². The molecule has 0 radical (unpaired) electrons. The van der Waals surface area contributed by atoms with Gasteiger partial charge in [-0.3, -0.25) is 4.90 Å². The minimum absolute atomic E-state index is 0.699. The zero-order valence-electron chi connectivity index (χ0n) is 9.21. The number of rotatable bonds is 4. The fraction of sp³-hybridized carbons (Fsp3) is 1.00. The van der Waals surface area contributed by atoms with Crippen LogP contribution in [0.4, 0.5) is 0 Å². The van der Waals surface area contributed by atoms with E-state index in [1.807, 2.05) is 0 Å². The quantitative estimate of drug-likeness (QED) is 0.676. The molecule has 13 heavy (non-hydrogen) atoms. The molecule has 78 valence electrons. The molecule has 0 aliphatic carbocycles. The van der Waals surface area contributed by atoms with Crippen molar-refractivity contribution in [3.8, 4) is 0 Å². The zero-order valence-corrected chi connectivity index (χ0v) is 9.21. The molecule has 0 aromatic rings. The third kappa shape index (κ3) is 3.63. The first-order valence-corrected chi connectivity index (χ1v) is 5.33. The van der Waals surface area contributed by atoms with Crippen LogP contribution in [0.2, 0.25) is 0 Å². The first-order valence-electron chi connectivity index (χ1n) is 5.33. The standard InChI is InChI=1S/C10H23N3/c1-4-6-12(2)9-10-8-11-5-7-13(10)3/h10-11H,4-9H2,1-3H3. The van der Waals surface area contributed by atoms with Crippen LogP contribution in [0, 0.1) is 0 Å². The molecule has 0 spiro atoms. The fourth-order valence-electron chi connectivity index (χ4n) is 1.90. The van der Waals surface area contributed by atoms with E-state index in [1.54, 1.807) is 0 Å². The molecular formula is C10H23N3. The summed E-state index contributed by atoms with van der Waals surface area (Å²) in [6.07, 6.45) is 1.25. The lowest BCUT2D eigenvalue weighted by atomic mass is 10.2. The smallest absolute Gasteiger partial charge is 0.0345 e. The second kappa shape index (κ2) is 5.58. The molecule has 0 aromatic carbocycles. The number of hydrogen-bond donors (Lipinski definition) is 1. The lowest BCUT2D eigenvalue weighted by molar-refractivity contribution is 0.153. The highest BCUT2D eigenvalue weighted by Crippen LogP contribution is 2.01. The van der Waals surface area contributed by atoms with Gasteiger partial charge in [0.05, 0.1) is 0 Å². The van der Waals surface area contributed by atoms with Gasteiger partial charge in [0.2, 0.25) is 0 Å². The van der Waals surface area contributed by atoms with Crippen molar-refractivity contribution in [3.63, 3.8) is 0 Å². The molecule has 1 heterocycles. The Hall–Kier alpha value is -0.120. The monoisotopic (exact) mass is 185 g/mol. The average Bonchev–Trinajstić information content (AvgIpc) is 2.09. The summed E-state index contributed by atoms with van der Waals surface area (Å²) >= 11 is 0. The molecular weight excluding hydrogens is 162 g/mol. The second-order valence-electron chi connectivity index (χ2n) is 4.10. The maximum atomic E-state index is 3.44. The number of nitrogens with one attached hydrogen (secondary N) is 1. The van der Waals surface area contributed by atoms with Crippen LogP contribution in [0.1, 0.15) is 13.3 Å². The van der Waals surface area contributed by atoms with Crippen LogP contribution in [-0.2, 0) is 0 Å². The van der Waals surface area contributed by atoms with E-state index in [0.29, 0.717) is 6.04 Å². The van der Waals surface area contributed by atoms with E-state index in [0.717, 1.165) is 13.1 Å². The highest BCUT2D eigenvalue weighted by molar-refractivity contribution is 4.79. The second-order valence-corrected chi connectivity index (χ2v) is 4.10. The molecule has 1 aliphatic heterocycles. The SMILES string of the molecule is CCCN(C)CC1CNCCN1C. The van der Waals surface area contributed by atoms with Crippen LogP contribution >= 0.6 is 0 Å². The Morgan fingerprint density at radius 1 is 1.54 bits per heavy atom. The first-order chi connectivity index (χ1) is 6.24. The fourth-order valence-corrected chi connectivity index (χ4v) is 1.90. The third-order valence-corrected chi connectivity index (χ3v) is 2.77. The molecule has 0 saturated carbocycles. The maximum Gasteiger partial charge on any atom is 0.0345 e. The summed E-state index contributed by atoms with van der Waals surface area (Å²) < 4.78 is 0. The molecule has 1 atom stereocenters. The van der Waals surface area contributed by atoms with E-state index in [4.69, 9.17) is 0 Å². The van der Waals surface area contributed by atoms with Crippen molar-refractivity contribution in [1.29, 1.82) is 0 Å². The molecule has 1 rings (SSSR count). The van der Waals surface area contributed by atoms with E-state index in [-0.39, 0.29) is 0 Å². The Balaban J connectivity index is 2.25. The third-order valence-electron chi connectivity index (χ3n) is 2.77. The van der Waals surface area contributed by atoms with E-state index < -0.39 is 0 Å². The molecule has 1 aliphatic rings. The van der Waals surface area contributed by atoms with Crippen LogP contribution in [-0.4, -0.2) is 62.7 Å². The van der Waals surface area contributed by atoms with Gasteiger partial charge in [0, 0.05) is 32.2 Å². The highest BCUT2D eigenvalue weighted by atomic mass is 15.2. The average molecular weight is 185 g/mol. The first kappa shape index (κ1) is 11.0. The van der Waals surface area contributed by atoms with Gasteiger partial charge in [-0.15, -0.1) is 0 Å². The van der Waals surface area contributed by atoms with Crippen molar-refractivity contribution in [1.82, 2.24) is 15.1 Å². The summed E-state index contributed by atoms with van der Waals surface area (Å²) in [6.45, 7) is 8.11. The molecule has 1 fully saturated rings. The summed E-state index contributed by atoms with van der Waals surface area (Å²) in [5.41, 5.74) is 0. The largest absolute Gasteiger partial charge is 0.314 e. The van der Waals surface area contributed by atoms with Gasteiger partial charge in [-0.25, -0.2) is 0 Å². The Morgan fingerprint density at radius 2 is 2.31 bits per heavy atom.